The Kier molecular flexibility index (Phi) is 4.04. The summed E-state index contributed by atoms with van der Waals surface area (Å²) in [6.45, 7) is 6.78. The van der Waals surface area contributed by atoms with Crippen LogP contribution in [-0.2, 0) is 0 Å². The summed E-state index contributed by atoms with van der Waals surface area (Å²) in [6, 6.07) is 6.85. The molecule has 0 amide bonds. The van der Waals surface area contributed by atoms with E-state index in [-0.39, 0.29) is 0 Å². The molecular weight excluding hydrogens is 262 g/mol. The van der Waals surface area contributed by atoms with Crippen molar-refractivity contribution in [3.05, 3.63) is 33.8 Å². The second-order valence-corrected chi connectivity index (χ2v) is 5.63. The highest BCUT2D eigenvalue weighted by Gasteiger charge is 2.24. The first-order chi connectivity index (χ1) is 7.72. The number of rotatable bonds is 2. The van der Waals surface area contributed by atoms with Crippen LogP contribution in [0.15, 0.2) is 22.7 Å². The van der Waals surface area contributed by atoms with E-state index in [4.69, 9.17) is 0 Å². The topological polar surface area (TPSA) is 12.0 Å². The van der Waals surface area contributed by atoms with Crippen LogP contribution in [0.1, 0.15) is 36.8 Å². The molecule has 1 aromatic carbocycles. The van der Waals surface area contributed by atoms with Gasteiger partial charge in [-0.05, 0) is 55.5 Å². The first-order valence-electron chi connectivity index (χ1n) is 6.19. The summed E-state index contributed by atoms with van der Waals surface area (Å²) in [5, 5.41) is 3.50. The largest absolute Gasteiger partial charge is 0.316 e. The molecule has 1 saturated heterocycles. The van der Waals surface area contributed by atoms with Crippen LogP contribution >= 0.6 is 15.9 Å². The molecule has 0 saturated carbocycles. The Labute approximate surface area is 107 Å². The van der Waals surface area contributed by atoms with Crippen molar-refractivity contribution in [1.29, 1.82) is 0 Å². The molecule has 0 aliphatic carbocycles. The van der Waals surface area contributed by atoms with E-state index in [2.05, 4.69) is 53.3 Å². The number of halogens is 1. The van der Waals surface area contributed by atoms with E-state index >= 15 is 0 Å². The summed E-state index contributed by atoms with van der Waals surface area (Å²) >= 11 is 3.64. The van der Waals surface area contributed by atoms with E-state index in [0.29, 0.717) is 0 Å². The predicted octanol–water partition coefficient (Wildman–Crippen LogP) is 3.86. The molecule has 0 aromatic heterocycles. The second-order valence-electron chi connectivity index (χ2n) is 4.78. The van der Waals surface area contributed by atoms with Crippen LogP contribution in [0, 0.1) is 12.8 Å². The Morgan fingerprint density at radius 1 is 1.44 bits per heavy atom. The minimum Gasteiger partial charge on any atom is -0.316 e. The molecule has 0 spiro atoms. The van der Waals surface area contributed by atoms with Gasteiger partial charge in [-0.25, -0.2) is 0 Å². The zero-order valence-corrected chi connectivity index (χ0v) is 11.7. The molecule has 1 aliphatic rings. The normalized spacial score (nSPS) is 25.7. The fourth-order valence-corrected chi connectivity index (χ4v) is 3.03. The summed E-state index contributed by atoms with van der Waals surface area (Å²) in [7, 11) is 0. The fraction of sp³-hybridized carbons (Fsp3) is 0.571. The lowest BCUT2D eigenvalue weighted by molar-refractivity contribution is 0.318. The Balaban J connectivity index is 2.23. The predicted molar refractivity (Wildman–Crippen MR) is 72.9 cm³/mol. The zero-order chi connectivity index (χ0) is 11.5. The Bertz CT molecular complexity index is 362. The van der Waals surface area contributed by atoms with Crippen LogP contribution in [0.3, 0.4) is 0 Å². The van der Waals surface area contributed by atoms with E-state index < -0.39 is 0 Å². The van der Waals surface area contributed by atoms with Gasteiger partial charge < -0.3 is 5.32 Å². The maximum atomic E-state index is 3.64. The molecule has 1 heterocycles. The Hall–Kier alpha value is -0.340. The van der Waals surface area contributed by atoms with Crippen molar-refractivity contribution >= 4 is 15.9 Å². The van der Waals surface area contributed by atoms with Crippen LogP contribution in [0.4, 0.5) is 0 Å². The van der Waals surface area contributed by atoms with E-state index in [1.165, 1.54) is 35.0 Å². The smallest absolute Gasteiger partial charge is 0.0207 e. The molecule has 2 atom stereocenters. The molecule has 2 heteroatoms. The minimum absolute atomic E-state index is 0.739. The van der Waals surface area contributed by atoms with E-state index in [1.54, 1.807) is 0 Å². The van der Waals surface area contributed by atoms with Gasteiger partial charge in [0.2, 0.25) is 0 Å². The lowest BCUT2D eigenvalue weighted by Gasteiger charge is -2.32. The van der Waals surface area contributed by atoms with Crippen molar-refractivity contribution in [2.45, 2.75) is 32.6 Å². The fourth-order valence-electron chi connectivity index (χ4n) is 2.63. The third-order valence-electron chi connectivity index (χ3n) is 3.76. The summed E-state index contributed by atoms with van der Waals surface area (Å²) < 4.78 is 1.25. The van der Waals surface area contributed by atoms with Gasteiger partial charge in [-0.2, -0.15) is 0 Å². The van der Waals surface area contributed by atoms with Crippen molar-refractivity contribution in [3.63, 3.8) is 0 Å². The van der Waals surface area contributed by atoms with Crippen LogP contribution < -0.4 is 5.32 Å². The van der Waals surface area contributed by atoms with Gasteiger partial charge in [0.05, 0.1) is 0 Å². The summed E-state index contributed by atoms with van der Waals surface area (Å²) in [4.78, 5) is 0. The number of hydrogen-bond donors (Lipinski definition) is 1. The Morgan fingerprint density at radius 2 is 2.25 bits per heavy atom. The summed E-state index contributed by atoms with van der Waals surface area (Å²) in [5.41, 5.74) is 2.83. The molecule has 1 N–H and O–H groups in total. The van der Waals surface area contributed by atoms with Gasteiger partial charge in [-0.15, -0.1) is 0 Å². The quantitative estimate of drug-likeness (QED) is 0.868. The van der Waals surface area contributed by atoms with Crippen LogP contribution in [0.5, 0.6) is 0 Å². The molecule has 1 fully saturated rings. The van der Waals surface area contributed by atoms with Crippen molar-refractivity contribution in [2.75, 3.05) is 13.1 Å². The zero-order valence-electron chi connectivity index (χ0n) is 10.1. The lowest BCUT2D eigenvalue weighted by Crippen LogP contribution is -2.35. The van der Waals surface area contributed by atoms with Crippen LogP contribution in [0.25, 0.3) is 0 Å². The minimum atomic E-state index is 0.739. The molecule has 2 rings (SSSR count). The number of benzene rings is 1. The first-order valence-corrected chi connectivity index (χ1v) is 6.98. The first kappa shape index (κ1) is 12.1. The van der Waals surface area contributed by atoms with Gasteiger partial charge in [0, 0.05) is 4.47 Å². The average molecular weight is 282 g/mol. The van der Waals surface area contributed by atoms with Crippen molar-refractivity contribution in [3.8, 4) is 0 Å². The van der Waals surface area contributed by atoms with Crippen LogP contribution in [0.2, 0.25) is 0 Å². The molecular formula is C14H20BrN. The second kappa shape index (κ2) is 5.33. The summed E-state index contributed by atoms with van der Waals surface area (Å²) in [5.74, 6) is 1.53. The molecule has 88 valence electrons. The average Bonchev–Trinajstić information content (AvgIpc) is 2.32. The van der Waals surface area contributed by atoms with Crippen LogP contribution in [-0.4, -0.2) is 13.1 Å². The standard InChI is InChI=1S/C14H20BrN/c1-3-11-9-16-7-6-13(11)12-5-4-10(2)14(15)8-12/h4-5,8,11,13,16H,3,6-7,9H2,1-2H3. The molecule has 0 radical (unpaired) electrons. The number of piperidine rings is 1. The van der Waals surface area contributed by atoms with Gasteiger partial charge in [0.15, 0.2) is 0 Å². The van der Waals surface area contributed by atoms with Crippen molar-refractivity contribution in [1.82, 2.24) is 5.32 Å². The Morgan fingerprint density at radius 3 is 2.94 bits per heavy atom. The molecule has 2 unspecified atom stereocenters. The molecule has 1 nitrogen and oxygen atoms in total. The highest BCUT2D eigenvalue weighted by molar-refractivity contribution is 9.10. The summed E-state index contributed by atoms with van der Waals surface area (Å²) in [6.07, 6.45) is 2.54. The molecule has 0 bridgehead atoms. The number of nitrogens with one attached hydrogen (secondary N) is 1. The monoisotopic (exact) mass is 281 g/mol. The van der Waals surface area contributed by atoms with Gasteiger partial charge >= 0.3 is 0 Å². The SMILES string of the molecule is CCC1CNCCC1c1ccc(C)c(Br)c1. The maximum Gasteiger partial charge on any atom is 0.0207 e. The number of hydrogen-bond acceptors (Lipinski definition) is 1. The molecule has 16 heavy (non-hydrogen) atoms. The van der Waals surface area contributed by atoms with E-state index in [0.717, 1.165) is 18.4 Å². The molecule has 1 aliphatic heterocycles. The van der Waals surface area contributed by atoms with Gasteiger partial charge in [0.1, 0.15) is 0 Å². The molecule has 1 aromatic rings. The van der Waals surface area contributed by atoms with Gasteiger partial charge in [0.25, 0.3) is 0 Å². The van der Waals surface area contributed by atoms with Gasteiger partial charge in [-0.3, -0.25) is 0 Å². The van der Waals surface area contributed by atoms with Crippen molar-refractivity contribution < 1.29 is 0 Å². The van der Waals surface area contributed by atoms with Crippen molar-refractivity contribution in [2.24, 2.45) is 5.92 Å². The highest BCUT2D eigenvalue weighted by Crippen LogP contribution is 2.34. The maximum absolute atomic E-state index is 3.64. The van der Waals surface area contributed by atoms with Gasteiger partial charge in [-0.1, -0.05) is 41.4 Å². The van der Waals surface area contributed by atoms with E-state index in [1.807, 2.05) is 0 Å². The lowest BCUT2D eigenvalue weighted by atomic mass is 9.80. The van der Waals surface area contributed by atoms with E-state index in [9.17, 15) is 0 Å². The highest BCUT2D eigenvalue weighted by atomic mass is 79.9. The third-order valence-corrected chi connectivity index (χ3v) is 4.61. The third kappa shape index (κ3) is 2.49. The number of aryl methyl sites for hydroxylation is 1.